The van der Waals surface area contributed by atoms with E-state index in [1.807, 2.05) is 24.3 Å². The summed E-state index contributed by atoms with van der Waals surface area (Å²) < 4.78 is 3.66. The molecule has 4 heteroatoms. The summed E-state index contributed by atoms with van der Waals surface area (Å²) in [6.45, 7) is 0. The molecule has 0 saturated carbocycles. The molecule has 0 aliphatic carbocycles. The molecule has 1 heterocycles. The first-order chi connectivity index (χ1) is 6.27. The standard InChI is InChI=1S/C9H6BrNOS/c10-7-4-2-1-3-6(7)8-5-9(12)11-13-8/h1-5H,(H,11,12). The average Bonchev–Trinajstić information content (AvgIpc) is 2.53. The molecule has 0 spiro atoms. The van der Waals surface area contributed by atoms with Crippen molar-refractivity contribution < 1.29 is 0 Å². The Morgan fingerprint density at radius 2 is 2.08 bits per heavy atom. The molecule has 66 valence electrons. The van der Waals surface area contributed by atoms with E-state index in [0.29, 0.717) is 0 Å². The van der Waals surface area contributed by atoms with E-state index >= 15 is 0 Å². The number of nitrogens with one attached hydrogen (secondary N) is 1. The summed E-state index contributed by atoms with van der Waals surface area (Å²) in [4.78, 5) is 11.9. The van der Waals surface area contributed by atoms with Crippen molar-refractivity contribution in [3.63, 3.8) is 0 Å². The highest BCUT2D eigenvalue weighted by molar-refractivity contribution is 9.10. The van der Waals surface area contributed by atoms with Gasteiger partial charge in [-0.15, -0.1) is 0 Å². The molecule has 0 aliphatic rings. The fourth-order valence-electron chi connectivity index (χ4n) is 1.08. The molecule has 0 fully saturated rings. The Balaban J connectivity index is 2.58. The van der Waals surface area contributed by atoms with Crippen LogP contribution in [0.5, 0.6) is 0 Å². The second-order valence-electron chi connectivity index (χ2n) is 2.56. The van der Waals surface area contributed by atoms with Gasteiger partial charge in [-0.25, -0.2) is 0 Å². The van der Waals surface area contributed by atoms with Crippen LogP contribution in [0.4, 0.5) is 0 Å². The van der Waals surface area contributed by atoms with Gasteiger partial charge in [0.05, 0.1) is 4.88 Å². The zero-order chi connectivity index (χ0) is 9.26. The normalized spacial score (nSPS) is 10.2. The van der Waals surface area contributed by atoms with Crippen LogP contribution >= 0.6 is 27.5 Å². The smallest absolute Gasteiger partial charge is 0.258 e. The number of H-pyrrole nitrogens is 1. The van der Waals surface area contributed by atoms with Gasteiger partial charge < -0.3 is 0 Å². The number of hydrogen-bond donors (Lipinski definition) is 1. The number of halogens is 1. The molecule has 0 atom stereocenters. The van der Waals surface area contributed by atoms with Crippen LogP contribution in [-0.4, -0.2) is 4.37 Å². The second kappa shape index (κ2) is 3.47. The van der Waals surface area contributed by atoms with E-state index in [-0.39, 0.29) is 5.56 Å². The minimum absolute atomic E-state index is 0.0456. The minimum atomic E-state index is -0.0456. The highest BCUT2D eigenvalue weighted by Crippen LogP contribution is 2.28. The van der Waals surface area contributed by atoms with E-state index < -0.39 is 0 Å². The predicted octanol–water partition coefficient (Wildman–Crippen LogP) is 2.87. The van der Waals surface area contributed by atoms with Crippen LogP contribution in [-0.2, 0) is 0 Å². The molecule has 1 N–H and O–H groups in total. The summed E-state index contributed by atoms with van der Waals surface area (Å²) in [7, 11) is 0. The SMILES string of the molecule is O=c1cc(-c2ccccc2Br)s[nH]1. The van der Waals surface area contributed by atoms with Gasteiger partial charge in [-0.05, 0) is 6.07 Å². The van der Waals surface area contributed by atoms with Crippen molar-refractivity contribution in [2.24, 2.45) is 0 Å². The quantitative estimate of drug-likeness (QED) is 0.836. The summed E-state index contributed by atoms with van der Waals surface area (Å²) in [5.41, 5.74) is 1.00. The highest BCUT2D eigenvalue weighted by Gasteiger charge is 2.03. The topological polar surface area (TPSA) is 32.9 Å². The summed E-state index contributed by atoms with van der Waals surface area (Å²) >= 11 is 4.78. The van der Waals surface area contributed by atoms with E-state index in [9.17, 15) is 4.79 Å². The molecule has 1 aromatic carbocycles. The van der Waals surface area contributed by atoms with Gasteiger partial charge in [0.1, 0.15) is 0 Å². The molecule has 0 bridgehead atoms. The van der Waals surface area contributed by atoms with Gasteiger partial charge in [0.25, 0.3) is 5.56 Å². The van der Waals surface area contributed by atoms with Crippen LogP contribution < -0.4 is 5.56 Å². The van der Waals surface area contributed by atoms with E-state index in [4.69, 9.17) is 0 Å². The van der Waals surface area contributed by atoms with Crippen molar-refractivity contribution in [2.75, 3.05) is 0 Å². The van der Waals surface area contributed by atoms with E-state index in [1.54, 1.807) is 6.07 Å². The first-order valence-corrected chi connectivity index (χ1v) is 5.32. The summed E-state index contributed by atoms with van der Waals surface area (Å²) in [5.74, 6) is 0. The number of aromatic amines is 1. The monoisotopic (exact) mass is 255 g/mol. The Labute approximate surface area is 87.5 Å². The Bertz CT molecular complexity index is 474. The Morgan fingerprint density at radius 3 is 2.69 bits per heavy atom. The predicted molar refractivity (Wildman–Crippen MR) is 58.1 cm³/mol. The number of rotatable bonds is 1. The Kier molecular flexibility index (Phi) is 2.33. The molecule has 1 aromatic heterocycles. The molecule has 0 aliphatic heterocycles. The Morgan fingerprint density at radius 1 is 1.31 bits per heavy atom. The lowest BCUT2D eigenvalue weighted by Gasteiger charge is -1.98. The van der Waals surface area contributed by atoms with Gasteiger partial charge in [-0.2, -0.15) is 0 Å². The molecule has 0 amide bonds. The van der Waals surface area contributed by atoms with Crippen LogP contribution in [0.2, 0.25) is 0 Å². The number of benzene rings is 1. The van der Waals surface area contributed by atoms with Gasteiger partial charge in [0.15, 0.2) is 0 Å². The maximum absolute atomic E-state index is 10.9. The van der Waals surface area contributed by atoms with Crippen molar-refractivity contribution in [1.82, 2.24) is 4.37 Å². The van der Waals surface area contributed by atoms with Crippen LogP contribution in [0.25, 0.3) is 10.4 Å². The molecular formula is C9H6BrNOS. The van der Waals surface area contributed by atoms with Crippen molar-refractivity contribution in [3.05, 3.63) is 45.2 Å². The summed E-state index contributed by atoms with van der Waals surface area (Å²) in [6, 6.07) is 9.43. The Hall–Kier alpha value is -0.870. The van der Waals surface area contributed by atoms with Gasteiger partial charge in [0, 0.05) is 16.1 Å². The van der Waals surface area contributed by atoms with Crippen molar-refractivity contribution >= 4 is 27.5 Å². The summed E-state index contributed by atoms with van der Waals surface area (Å²) in [5, 5.41) is 0. The van der Waals surface area contributed by atoms with Crippen molar-refractivity contribution in [2.45, 2.75) is 0 Å². The van der Waals surface area contributed by atoms with Crippen LogP contribution in [0.3, 0.4) is 0 Å². The lowest BCUT2D eigenvalue weighted by molar-refractivity contribution is 1.43. The molecule has 0 unspecified atom stereocenters. The third-order valence-corrected chi connectivity index (χ3v) is 3.22. The second-order valence-corrected chi connectivity index (χ2v) is 4.26. The van der Waals surface area contributed by atoms with Gasteiger partial charge in [0.2, 0.25) is 0 Å². The third-order valence-electron chi connectivity index (χ3n) is 1.66. The fourth-order valence-corrected chi connectivity index (χ4v) is 2.43. The molecular weight excluding hydrogens is 250 g/mol. The fraction of sp³-hybridized carbons (Fsp3) is 0. The minimum Gasteiger partial charge on any atom is -0.277 e. The maximum atomic E-state index is 10.9. The molecule has 0 saturated heterocycles. The first kappa shape index (κ1) is 8.72. The van der Waals surface area contributed by atoms with Gasteiger partial charge >= 0.3 is 0 Å². The van der Waals surface area contributed by atoms with Crippen LogP contribution in [0, 0.1) is 0 Å². The van der Waals surface area contributed by atoms with Crippen LogP contribution in [0.15, 0.2) is 39.6 Å². The molecule has 0 radical (unpaired) electrons. The lowest BCUT2D eigenvalue weighted by Crippen LogP contribution is -1.91. The lowest BCUT2D eigenvalue weighted by atomic mass is 10.2. The summed E-state index contributed by atoms with van der Waals surface area (Å²) in [6.07, 6.45) is 0. The zero-order valence-electron chi connectivity index (χ0n) is 6.58. The molecule has 13 heavy (non-hydrogen) atoms. The largest absolute Gasteiger partial charge is 0.277 e. The van der Waals surface area contributed by atoms with Crippen molar-refractivity contribution in [1.29, 1.82) is 0 Å². The molecule has 2 nitrogen and oxygen atoms in total. The third kappa shape index (κ3) is 1.73. The van der Waals surface area contributed by atoms with Crippen molar-refractivity contribution in [3.8, 4) is 10.4 Å². The molecule has 2 aromatic rings. The van der Waals surface area contributed by atoms with Gasteiger partial charge in [-0.3, -0.25) is 9.17 Å². The maximum Gasteiger partial charge on any atom is 0.258 e. The van der Waals surface area contributed by atoms with Gasteiger partial charge in [-0.1, -0.05) is 45.7 Å². The number of aromatic nitrogens is 1. The molecule has 2 rings (SSSR count). The van der Waals surface area contributed by atoms with Crippen LogP contribution in [0.1, 0.15) is 0 Å². The number of hydrogen-bond acceptors (Lipinski definition) is 2. The van der Waals surface area contributed by atoms with E-state index in [1.165, 1.54) is 11.5 Å². The first-order valence-electron chi connectivity index (χ1n) is 3.71. The zero-order valence-corrected chi connectivity index (χ0v) is 8.98. The average molecular weight is 256 g/mol. The highest BCUT2D eigenvalue weighted by atomic mass is 79.9. The van der Waals surface area contributed by atoms with E-state index in [0.717, 1.165) is 14.9 Å². The van der Waals surface area contributed by atoms with E-state index in [2.05, 4.69) is 20.3 Å².